The van der Waals surface area contributed by atoms with E-state index in [2.05, 4.69) is 19.2 Å². The molecule has 0 spiro atoms. The maximum atomic E-state index is 11.8. The standard InChI is InChI=1S/C13H20N2O3/c1-10-7-15(8-11(2)18-10)9-13(16)14-6-12-4-3-5-17-12/h3-5,10-11H,6-9H2,1-2H3,(H,14,16)/p+1/t10-,11-/m0/s1. The highest BCUT2D eigenvalue weighted by atomic mass is 16.5. The zero-order chi connectivity index (χ0) is 13.0. The number of carbonyl (C=O) groups is 1. The Morgan fingerprint density at radius 1 is 1.44 bits per heavy atom. The van der Waals surface area contributed by atoms with Crippen LogP contribution in [0.4, 0.5) is 0 Å². The molecule has 2 N–H and O–H groups in total. The molecule has 2 heterocycles. The molecular formula is C13H21N2O3+. The van der Waals surface area contributed by atoms with Gasteiger partial charge in [0.1, 0.15) is 31.1 Å². The van der Waals surface area contributed by atoms with Gasteiger partial charge in [0.05, 0.1) is 12.8 Å². The van der Waals surface area contributed by atoms with E-state index in [9.17, 15) is 4.79 Å². The molecule has 2 rings (SSSR count). The summed E-state index contributed by atoms with van der Waals surface area (Å²) in [6.45, 7) is 6.84. The summed E-state index contributed by atoms with van der Waals surface area (Å²) in [6.07, 6.45) is 2.06. The van der Waals surface area contributed by atoms with Gasteiger partial charge in [0, 0.05) is 0 Å². The highest BCUT2D eigenvalue weighted by molar-refractivity contribution is 5.76. The van der Waals surface area contributed by atoms with Crippen molar-refractivity contribution < 1.29 is 18.8 Å². The first-order valence-corrected chi connectivity index (χ1v) is 6.41. The number of amides is 1. The van der Waals surface area contributed by atoms with E-state index in [4.69, 9.17) is 9.15 Å². The van der Waals surface area contributed by atoms with Crippen molar-refractivity contribution >= 4 is 5.91 Å². The van der Waals surface area contributed by atoms with Crippen LogP contribution in [-0.4, -0.2) is 37.7 Å². The summed E-state index contributed by atoms with van der Waals surface area (Å²) in [4.78, 5) is 13.1. The van der Waals surface area contributed by atoms with Gasteiger partial charge < -0.3 is 19.4 Å². The quantitative estimate of drug-likeness (QED) is 0.767. The molecule has 1 amide bonds. The monoisotopic (exact) mass is 253 g/mol. The number of morpholine rings is 1. The van der Waals surface area contributed by atoms with Gasteiger partial charge in [-0.2, -0.15) is 0 Å². The second kappa shape index (κ2) is 6.02. The molecule has 2 atom stereocenters. The van der Waals surface area contributed by atoms with Crippen LogP contribution in [0.3, 0.4) is 0 Å². The van der Waals surface area contributed by atoms with Crippen molar-refractivity contribution in [2.24, 2.45) is 0 Å². The van der Waals surface area contributed by atoms with Gasteiger partial charge in [0.25, 0.3) is 5.91 Å². The Morgan fingerprint density at radius 2 is 2.17 bits per heavy atom. The second-order valence-corrected chi connectivity index (χ2v) is 4.95. The lowest BCUT2D eigenvalue weighted by Gasteiger charge is -2.31. The van der Waals surface area contributed by atoms with Crippen LogP contribution >= 0.6 is 0 Å². The van der Waals surface area contributed by atoms with Crippen molar-refractivity contribution in [1.29, 1.82) is 0 Å². The Kier molecular flexibility index (Phi) is 4.38. The van der Waals surface area contributed by atoms with E-state index in [1.54, 1.807) is 6.26 Å². The average Bonchev–Trinajstić information content (AvgIpc) is 2.77. The van der Waals surface area contributed by atoms with Crippen LogP contribution < -0.4 is 10.2 Å². The molecule has 0 radical (unpaired) electrons. The lowest BCUT2D eigenvalue weighted by molar-refractivity contribution is -0.907. The Balaban J connectivity index is 1.73. The molecular weight excluding hydrogens is 232 g/mol. The fraction of sp³-hybridized carbons (Fsp3) is 0.615. The molecule has 1 aromatic heterocycles. The van der Waals surface area contributed by atoms with Crippen molar-refractivity contribution in [3.05, 3.63) is 24.2 Å². The molecule has 0 aliphatic carbocycles. The molecule has 0 bridgehead atoms. The zero-order valence-corrected chi connectivity index (χ0v) is 10.9. The normalized spacial score (nSPS) is 28.0. The van der Waals surface area contributed by atoms with Gasteiger partial charge in [0.15, 0.2) is 6.54 Å². The van der Waals surface area contributed by atoms with Crippen LogP contribution in [0.2, 0.25) is 0 Å². The van der Waals surface area contributed by atoms with Gasteiger partial charge in [-0.15, -0.1) is 0 Å². The third kappa shape index (κ3) is 3.85. The SMILES string of the molecule is C[C@H]1C[NH+](CC(=O)NCc2ccco2)C[C@H](C)O1. The first-order valence-electron chi connectivity index (χ1n) is 6.41. The number of carbonyl (C=O) groups excluding carboxylic acids is 1. The Labute approximate surface area is 107 Å². The van der Waals surface area contributed by atoms with E-state index in [1.165, 1.54) is 4.90 Å². The molecule has 0 saturated carbocycles. The van der Waals surface area contributed by atoms with Crippen LogP contribution in [0.5, 0.6) is 0 Å². The summed E-state index contributed by atoms with van der Waals surface area (Å²) < 4.78 is 10.8. The van der Waals surface area contributed by atoms with Crippen molar-refractivity contribution in [2.75, 3.05) is 19.6 Å². The molecule has 5 heteroatoms. The zero-order valence-electron chi connectivity index (χ0n) is 10.9. The minimum Gasteiger partial charge on any atom is -0.467 e. The molecule has 1 fully saturated rings. The lowest BCUT2D eigenvalue weighted by Crippen LogP contribution is -3.16. The minimum atomic E-state index is 0.0581. The molecule has 1 aliphatic rings. The maximum Gasteiger partial charge on any atom is 0.275 e. The first kappa shape index (κ1) is 13.1. The summed E-state index contributed by atoms with van der Waals surface area (Å²) in [5.74, 6) is 0.838. The van der Waals surface area contributed by atoms with Crippen LogP contribution in [0.15, 0.2) is 22.8 Å². The third-order valence-electron chi connectivity index (χ3n) is 3.07. The molecule has 5 nitrogen and oxygen atoms in total. The summed E-state index contributed by atoms with van der Waals surface area (Å²) in [7, 11) is 0. The van der Waals surface area contributed by atoms with E-state index in [0.29, 0.717) is 13.1 Å². The fourth-order valence-corrected chi connectivity index (χ4v) is 2.42. The Bertz CT molecular complexity index is 368. The fourth-order valence-electron chi connectivity index (χ4n) is 2.42. The van der Waals surface area contributed by atoms with Crippen LogP contribution in [0, 0.1) is 0 Å². The number of hydrogen-bond acceptors (Lipinski definition) is 3. The van der Waals surface area contributed by atoms with Crippen molar-refractivity contribution in [1.82, 2.24) is 5.32 Å². The van der Waals surface area contributed by atoms with E-state index in [1.807, 2.05) is 12.1 Å². The molecule has 0 aromatic carbocycles. The molecule has 1 aromatic rings. The Morgan fingerprint density at radius 3 is 2.78 bits per heavy atom. The smallest absolute Gasteiger partial charge is 0.275 e. The number of quaternary nitrogens is 1. The first-order chi connectivity index (χ1) is 8.63. The minimum absolute atomic E-state index is 0.0581. The molecule has 0 unspecified atom stereocenters. The maximum absolute atomic E-state index is 11.8. The number of rotatable bonds is 4. The molecule has 100 valence electrons. The summed E-state index contributed by atoms with van der Waals surface area (Å²) >= 11 is 0. The van der Waals surface area contributed by atoms with Crippen molar-refractivity contribution in [3.63, 3.8) is 0 Å². The second-order valence-electron chi connectivity index (χ2n) is 4.95. The average molecular weight is 253 g/mol. The van der Waals surface area contributed by atoms with Gasteiger partial charge >= 0.3 is 0 Å². The highest BCUT2D eigenvalue weighted by Crippen LogP contribution is 1.99. The number of hydrogen-bond donors (Lipinski definition) is 2. The summed E-state index contributed by atoms with van der Waals surface area (Å²) in [5.41, 5.74) is 0. The topological polar surface area (TPSA) is 55.9 Å². The van der Waals surface area contributed by atoms with Crippen molar-refractivity contribution in [2.45, 2.75) is 32.6 Å². The third-order valence-corrected chi connectivity index (χ3v) is 3.07. The number of ether oxygens (including phenoxy) is 1. The van der Waals surface area contributed by atoms with Crippen LogP contribution in [-0.2, 0) is 16.1 Å². The van der Waals surface area contributed by atoms with Gasteiger partial charge in [-0.25, -0.2) is 0 Å². The molecule has 1 aliphatic heterocycles. The Hall–Kier alpha value is -1.33. The van der Waals surface area contributed by atoms with E-state index >= 15 is 0 Å². The lowest BCUT2D eigenvalue weighted by atomic mass is 10.2. The highest BCUT2D eigenvalue weighted by Gasteiger charge is 2.26. The number of furan rings is 1. The predicted molar refractivity (Wildman–Crippen MR) is 66.1 cm³/mol. The van der Waals surface area contributed by atoms with E-state index in [-0.39, 0.29) is 18.1 Å². The number of nitrogens with one attached hydrogen (secondary N) is 2. The largest absolute Gasteiger partial charge is 0.467 e. The van der Waals surface area contributed by atoms with Crippen molar-refractivity contribution in [3.8, 4) is 0 Å². The molecule has 1 saturated heterocycles. The van der Waals surface area contributed by atoms with Gasteiger partial charge in [-0.1, -0.05) is 0 Å². The van der Waals surface area contributed by atoms with E-state index < -0.39 is 0 Å². The molecule has 18 heavy (non-hydrogen) atoms. The van der Waals surface area contributed by atoms with Gasteiger partial charge in [-0.3, -0.25) is 4.79 Å². The predicted octanol–water partition coefficient (Wildman–Crippen LogP) is -0.412. The summed E-state index contributed by atoms with van der Waals surface area (Å²) in [6, 6.07) is 3.67. The summed E-state index contributed by atoms with van der Waals surface area (Å²) in [5, 5.41) is 2.87. The van der Waals surface area contributed by atoms with Gasteiger partial charge in [0.2, 0.25) is 0 Å². The van der Waals surface area contributed by atoms with Gasteiger partial charge in [-0.05, 0) is 26.0 Å². The van der Waals surface area contributed by atoms with E-state index in [0.717, 1.165) is 18.8 Å². The van der Waals surface area contributed by atoms with Crippen LogP contribution in [0.1, 0.15) is 19.6 Å². The van der Waals surface area contributed by atoms with Crippen LogP contribution in [0.25, 0.3) is 0 Å².